The smallest absolute Gasteiger partial charge is 0.260 e. The summed E-state index contributed by atoms with van der Waals surface area (Å²) in [5, 5.41) is 2.78. The van der Waals surface area contributed by atoms with Crippen LogP contribution in [0, 0.1) is 12.7 Å². The molecule has 26 heavy (non-hydrogen) atoms. The number of rotatable bonds is 8. The molecule has 0 fully saturated rings. The van der Waals surface area contributed by atoms with Crippen molar-refractivity contribution < 1.29 is 18.7 Å². The molecular formula is C21H26FNO3. The van der Waals surface area contributed by atoms with Crippen LogP contribution in [0.2, 0.25) is 0 Å². The van der Waals surface area contributed by atoms with Crippen LogP contribution in [0.25, 0.3) is 0 Å². The number of hydrogen-bond donors (Lipinski definition) is 1. The largest absolute Gasteiger partial charge is 0.492 e. The van der Waals surface area contributed by atoms with E-state index in [1.165, 1.54) is 12.1 Å². The highest BCUT2D eigenvalue weighted by molar-refractivity contribution is 5.80. The summed E-state index contributed by atoms with van der Waals surface area (Å²) < 4.78 is 24.2. The van der Waals surface area contributed by atoms with E-state index < -0.39 is 6.10 Å². The number of aryl methyl sites for hydroxylation is 1. The van der Waals surface area contributed by atoms with Gasteiger partial charge >= 0.3 is 0 Å². The second-order valence-corrected chi connectivity index (χ2v) is 6.55. The molecule has 0 saturated carbocycles. The Bertz CT molecular complexity index is 729. The first-order valence-electron chi connectivity index (χ1n) is 8.80. The fraction of sp³-hybridized carbons (Fsp3) is 0.381. The number of carbonyl (C=O) groups excluding carboxylic acids is 1. The normalized spacial score (nSPS) is 11.9. The number of halogens is 1. The van der Waals surface area contributed by atoms with Crippen molar-refractivity contribution in [3.05, 3.63) is 59.4 Å². The van der Waals surface area contributed by atoms with Gasteiger partial charge in [-0.3, -0.25) is 4.79 Å². The quantitative estimate of drug-likeness (QED) is 0.718. The van der Waals surface area contributed by atoms with E-state index in [0.717, 1.165) is 16.9 Å². The first-order valence-corrected chi connectivity index (χ1v) is 8.80. The summed E-state index contributed by atoms with van der Waals surface area (Å²) in [5.74, 6) is 1.10. The van der Waals surface area contributed by atoms with Crippen LogP contribution >= 0.6 is 0 Å². The molecule has 2 aromatic carbocycles. The summed E-state index contributed by atoms with van der Waals surface area (Å²) in [4.78, 5) is 12.2. The molecule has 2 aromatic rings. The molecule has 4 nitrogen and oxygen atoms in total. The van der Waals surface area contributed by atoms with E-state index in [0.29, 0.717) is 24.8 Å². The van der Waals surface area contributed by atoms with Gasteiger partial charge in [-0.1, -0.05) is 26.0 Å². The molecule has 1 atom stereocenters. The highest BCUT2D eigenvalue weighted by atomic mass is 19.1. The molecule has 1 amide bonds. The first-order chi connectivity index (χ1) is 12.4. The fourth-order valence-electron chi connectivity index (χ4n) is 2.48. The Morgan fingerprint density at radius 2 is 1.81 bits per heavy atom. The highest BCUT2D eigenvalue weighted by Gasteiger charge is 2.17. The van der Waals surface area contributed by atoms with Gasteiger partial charge in [-0.05, 0) is 61.2 Å². The average Bonchev–Trinajstić information content (AvgIpc) is 2.59. The molecule has 0 spiro atoms. The van der Waals surface area contributed by atoms with Crippen molar-refractivity contribution in [3.8, 4) is 11.5 Å². The molecule has 0 unspecified atom stereocenters. The Hall–Kier alpha value is -2.56. The van der Waals surface area contributed by atoms with Gasteiger partial charge in [0.05, 0.1) is 6.54 Å². The van der Waals surface area contributed by atoms with E-state index in [4.69, 9.17) is 9.47 Å². The van der Waals surface area contributed by atoms with Crippen LogP contribution in [-0.4, -0.2) is 25.2 Å². The zero-order chi connectivity index (χ0) is 19.1. The van der Waals surface area contributed by atoms with Gasteiger partial charge in [0.1, 0.15) is 23.9 Å². The SMILES string of the molecule is Cc1ccc(C(C)C)c(O[C@@H](C)C(=O)NCCOc2ccc(F)cc2)c1. The van der Waals surface area contributed by atoms with Gasteiger partial charge in [0.25, 0.3) is 5.91 Å². The Morgan fingerprint density at radius 1 is 1.12 bits per heavy atom. The van der Waals surface area contributed by atoms with Crippen LogP contribution < -0.4 is 14.8 Å². The van der Waals surface area contributed by atoms with Crippen LogP contribution in [0.4, 0.5) is 4.39 Å². The van der Waals surface area contributed by atoms with Crippen molar-refractivity contribution in [3.63, 3.8) is 0 Å². The van der Waals surface area contributed by atoms with E-state index in [1.807, 2.05) is 25.1 Å². The Morgan fingerprint density at radius 3 is 2.46 bits per heavy atom. The number of nitrogens with one attached hydrogen (secondary N) is 1. The molecule has 0 aliphatic carbocycles. The van der Waals surface area contributed by atoms with Crippen molar-refractivity contribution in [1.82, 2.24) is 5.32 Å². The van der Waals surface area contributed by atoms with Crippen molar-refractivity contribution >= 4 is 5.91 Å². The minimum Gasteiger partial charge on any atom is -0.492 e. The van der Waals surface area contributed by atoms with Gasteiger partial charge < -0.3 is 14.8 Å². The maximum Gasteiger partial charge on any atom is 0.260 e. The monoisotopic (exact) mass is 359 g/mol. The Balaban J connectivity index is 1.82. The fourth-order valence-corrected chi connectivity index (χ4v) is 2.48. The molecule has 0 aliphatic rings. The summed E-state index contributed by atoms with van der Waals surface area (Å²) >= 11 is 0. The van der Waals surface area contributed by atoms with Gasteiger partial charge in [-0.2, -0.15) is 0 Å². The summed E-state index contributed by atoms with van der Waals surface area (Å²) in [7, 11) is 0. The van der Waals surface area contributed by atoms with Crippen LogP contribution in [-0.2, 0) is 4.79 Å². The van der Waals surface area contributed by atoms with Crippen molar-refractivity contribution in [1.29, 1.82) is 0 Å². The van der Waals surface area contributed by atoms with Gasteiger partial charge in [0, 0.05) is 0 Å². The lowest BCUT2D eigenvalue weighted by atomic mass is 10.0. The van der Waals surface area contributed by atoms with Crippen LogP contribution in [0.3, 0.4) is 0 Å². The second kappa shape index (κ2) is 9.22. The molecule has 0 heterocycles. The lowest BCUT2D eigenvalue weighted by molar-refractivity contribution is -0.127. The third-order valence-electron chi connectivity index (χ3n) is 3.95. The van der Waals surface area contributed by atoms with Crippen molar-refractivity contribution in [2.24, 2.45) is 0 Å². The summed E-state index contributed by atoms with van der Waals surface area (Å²) in [6.07, 6.45) is -0.611. The molecule has 1 N–H and O–H groups in total. The third kappa shape index (κ3) is 5.76. The molecule has 2 rings (SSSR count). The van der Waals surface area contributed by atoms with E-state index in [2.05, 4.69) is 19.2 Å². The van der Waals surface area contributed by atoms with Crippen molar-refractivity contribution in [2.75, 3.05) is 13.2 Å². The standard InChI is InChI=1S/C21H26FNO3/c1-14(2)19-10-5-15(3)13-20(19)26-16(4)21(24)23-11-12-25-18-8-6-17(22)7-9-18/h5-10,13-14,16H,11-12H2,1-4H3,(H,23,24)/t16-/m0/s1. The predicted octanol–water partition coefficient (Wildman–Crippen LogP) is 4.22. The van der Waals surface area contributed by atoms with Crippen LogP contribution in [0.15, 0.2) is 42.5 Å². The zero-order valence-electron chi connectivity index (χ0n) is 15.7. The summed E-state index contributed by atoms with van der Waals surface area (Å²) in [6, 6.07) is 11.8. The van der Waals surface area contributed by atoms with Crippen molar-refractivity contribution in [2.45, 2.75) is 39.7 Å². The molecule has 0 bridgehead atoms. The minimum atomic E-state index is -0.611. The summed E-state index contributed by atoms with van der Waals surface area (Å²) in [5.41, 5.74) is 2.17. The Labute approximate surface area is 154 Å². The number of ether oxygens (including phenoxy) is 2. The molecule has 0 saturated heterocycles. The van der Waals surface area contributed by atoms with E-state index >= 15 is 0 Å². The molecule has 0 aromatic heterocycles. The average molecular weight is 359 g/mol. The van der Waals surface area contributed by atoms with Crippen LogP contribution in [0.1, 0.15) is 37.8 Å². The number of carbonyl (C=O) groups is 1. The zero-order valence-corrected chi connectivity index (χ0v) is 15.7. The maximum atomic E-state index is 12.8. The molecule has 140 valence electrons. The molecule has 0 radical (unpaired) electrons. The van der Waals surface area contributed by atoms with E-state index in [-0.39, 0.29) is 11.7 Å². The molecule has 0 aliphatic heterocycles. The van der Waals surface area contributed by atoms with E-state index in [9.17, 15) is 9.18 Å². The lowest BCUT2D eigenvalue weighted by Gasteiger charge is -2.19. The first kappa shape index (κ1) is 19.8. The second-order valence-electron chi connectivity index (χ2n) is 6.55. The number of benzene rings is 2. The topological polar surface area (TPSA) is 47.6 Å². The van der Waals surface area contributed by atoms with E-state index in [1.54, 1.807) is 19.1 Å². The Kier molecular flexibility index (Phi) is 7.01. The highest BCUT2D eigenvalue weighted by Crippen LogP contribution is 2.28. The van der Waals surface area contributed by atoms with Crippen LogP contribution in [0.5, 0.6) is 11.5 Å². The van der Waals surface area contributed by atoms with Gasteiger partial charge in [0.2, 0.25) is 0 Å². The maximum absolute atomic E-state index is 12.8. The van der Waals surface area contributed by atoms with Gasteiger partial charge in [-0.25, -0.2) is 4.39 Å². The number of amides is 1. The lowest BCUT2D eigenvalue weighted by Crippen LogP contribution is -2.38. The number of hydrogen-bond acceptors (Lipinski definition) is 3. The van der Waals surface area contributed by atoms with Gasteiger partial charge in [0.15, 0.2) is 6.10 Å². The van der Waals surface area contributed by atoms with Gasteiger partial charge in [-0.15, -0.1) is 0 Å². The predicted molar refractivity (Wildman–Crippen MR) is 100 cm³/mol. The minimum absolute atomic E-state index is 0.205. The third-order valence-corrected chi connectivity index (χ3v) is 3.95. The molecule has 5 heteroatoms. The molecular weight excluding hydrogens is 333 g/mol. The summed E-state index contributed by atoms with van der Waals surface area (Å²) in [6.45, 7) is 8.54.